The Morgan fingerprint density at radius 2 is 2.11 bits per heavy atom. The summed E-state index contributed by atoms with van der Waals surface area (Å²) in [6.45, 7) is 1.76. The average Bonchev–Trinajstić information content (AvgIpc) is 3.10. The number of carbonyl (C=O) groups excluding carboxylic acids is 1. The molecule has 0 saturated heterocycles. The van der Waals surface area contributed by atoms with Gasteiger partial charge in [-0.2, -0.15) is 0 Å². The Bertz CT molecular complexity index is 857. The van der Waals surface area contributed by atoms with Crippen LogP contribution in [0.1, 0.15) is 39.0 Å². The molecule has 1 aliphatic carbocycles. The predicted octanol–water partition coefficient (Wildman–Crippen LogP) is 4.96. The Kier molecular flexibility index (Phi) is 7.08. The molecule has 1 amide bonds. The maximum atomic E-state index is 12.4. The molecular weight excluding hydrogens is 422 g/mol. The lowest BCUT2D eigenvalue weighted by Gasteiger charge is -2.21. The van der Waals surface area contributed by atoms with Gasteiger partial charge in [-0.05, 0) is 25.8 Å². The van der Waals surface area contributed by atoms with E-state index in [0.717, 1.165) is 18.0 Å². The molecule has 1 saturated carbocycles. The van der Waals surface area contributed by atoms with E-state index in [9.17, 15) is 14.9 Å². The zero-order chi connectivity index (χ0) is 20.1. The molecule has 1 heterocycles. The molecule has 28 heavy (non-hydrogen) atoms. The zero-order valence-electron chi connectivity index (χ0n) is 15.2. The van der Waals surface area contributed by atoms with E-state index in [-0.39, 0.29) is 16.6 Å². The van der Waals surface area contributed by atoms with Gasteiger partial charge in [0.1, 0.15) is 0 Å². The summed E-state index contributed by atoms with van der Waals surface area (Å²) in [5, 5.41) is 25.7. The van der Waals surface area contributed by atoms with Gasteiger partial charge in [-0.1, -0.05) is 54.0 Å². The zero-order valence-corrected chi connectivity index (χ0v) is 17.6. The van der Waals surface area contributed by atoms with E-state index in [1.54, 1.807) is 6.92 Å². The number of nitro groups is 1. The van der Waals surface area contributed by atoms with Crippen LogP contribution in [0.4, 0.5) is 16.5 Å². The van der Waals surface area contributed by atoms with Crippen LogP contribution in [0.15, 0.2) is 22.5 Å². The monoisotopic (exact) mass is 441 g/mol. The first-order chi connectivity index (χ1) is 13.4. The molecule has 1 aromatic heterocycles. The number of halogens is 1. The SMILES string of the molecule is CC(Sc1nnc(NC2CCCCC2)s1)C(=O)Nc1ccc([N+](=O)[O-])cc1Cl. The van der Waals surface area contributed by atoms with Crippen molar-refractivity contribution < 1.29 is 9.72 Å². The molecule has 1 unspecified atom stereocenters. The number of nitrogens with one attached hydrogen (secondary N) is 2. The van der Waals surface area contributed by atoms with Gasteiger partial charge in [-0.25, -0.2) is 0 Å². The van der Waals surface area contributed by atoms with Crippen LogP contribution in [0.3, 0.4) is 0 Å². The summed E-state index contributed by atoms with van der Waals surface area (Å²) < 4.78 is 0.704. The van der Waals surface area contributed by atoms with Crippen LogP contribution in [0.5, 0.6) is 0 Å². The molecule has 11 heteroatoms. The van der Waals surface area contributed by atoms with Crippen molar-refractivity contribution in [3.63, 3.8) is 0 Å². The molecule has 0 radical (unpaired) electrons. The fraction of sp³-hybridized carbons (Fsp3) is 0.471. The van der Waals surface area contributed by atoms with Gasteiger partial charge in [0, 0.05) is 18.2 Å². The fourth-order valence-electron chi connectivity index (χ4n) is 2.90. The Labute approximate surface area is 175 Å². The van der Waals surface area contributed by atoms with Gasteiger partial charge in [0.15, 0.2) is 4.34 Å². The van der Waals surface area contributed by atoms with Crippen molar-refractivity contribution in [3.05, 3.63) is 33.3 Å². The first kappa shape index (κ1) is 20.8. The van der Waals surface area contributed by atoms with Crippen molar-refractivity contribution in [1.82, 2.24) is 10.2 Å². The van der Waals surface area contributed by atoms with Gasteiger partial charge in [0.05, 0.1) is 20.9 Å². The summed E-state index contributed by atoms with van der Waals surface area (Å²) in [5.74, 6) is -0.266. The maximum Gasteiger partial charge on any atom is 0.271 e. The van der Waals surface area contributed by atoms with Crippen molar-refractivity contribution in [1.29, 1.82) is 0 Å². The molecule has 8 nitrogen and oxygen atoms in total. The highest BCUT2D eigenvalue weighted by atomic mass is 35.5. The summed E-state index contributed by atoms with van der Waals surface area (Å²) >= 11 is 8.77. The average molecular weight is 442 g/mol. The molecule has 1 aliphatic rings. The second kappa shape index (κ2) is 9.53. The Morgan fingerprint density at radius 1 is 1.36 bits per heavy atom. The molecular formula is C17H20ClN5O3S2. The normalized spacial score (nSPS) is 15.8. The lowest BCUT2D eigenvalue weighted by Crippen LogP contribution is -2.22. The third kappa shape index (κ3) is 5.55. The number of hydrogen-bond acceptors (Lipinski definition) is 8. The van der Waals surface area contributed by atoms with Crippen molar-refractivity contribution >= 4 is 57.1 Å². The van der Waals surface area contributed by atoms with E-state index < -0.39 is 10.2 Å². The summed E-state index contributed by atoms with van der Waals surface area (Å²) in [4.78, 5) is 22.7. The van der Waals surface area contributed by atoms with Gasteiger partial charge in [-0.15, -0.1) is 10.2 Å². The van der Waals surface area contributed by atoms with Crippen molar-refractivity contribution in [3.8, 4) is 0 Å². The molecule has 0 aliphatic heterocycles. The number of hydrogen-bond donors (Lipinski definition) is 2. The lowest BCUT2D eigenvalue weighted by molar-refractivity contribution is -0.384. The molecule has 0 spiro atoms. The number of aromatic nitrogens is 2. The van der Waals surface area contributed by atoms with Crippen LogP contribution in [0.25, 0.3) is 0 Å². The minimum atomic E-state index is -0.537. The largest absolute Gasteiger partial charge is 0.357 e. The molecule has 2 N–H and O–H groups in total. The van der Waals surface area contributed by atoms with Crippen LogP contribution in [0, 0.1) is 10.1 Å². The van der Waals surface area contributed by atoms with E-state index >= 15 is 0 Å². The molecule has 1 atom stereocenters. The summed E-state index contributed by atoms with van der Waals surface area (Å²) in [5.41, 5.74) is 0.207. The summed E-state index contributed by atoms with van der Waals surface area (Å²) in [7, 11) is 0. The minimum Gasteiger partial charge on any atom is -0.357 e. The molecule has 3 rings (SSSR count). The van der Waals surface area contributed by atoms with E-state index in [0.29, 0.717) is 16.1 Å². The second-order valence-corrected chi connectivity index (χ2v) is 9.50. The molecule has 0 bridgehead atoms. The van der Waals surface area contributed by atoms with Gasteiger partial charge in [-0.3, -0.25) is 14.9 Å². The number of thioether (sulfide) groups is 1. The van der Waals surface area contributed by atoms with Crippen LogP contribution >= 0.6 is 34.7 Å². The number of nitro benzene ring substituents is 1. The standard InChI is InChI=1S/C17H20ClN5O3S2/c1-10(15(24)20-14-8-7-12(23(25)26)9-13(14)18)27-17-22-21-16(28-17)19-11-5-3-2-4-6-11/h7-11H,2-6H2,1H3,(H,19,21)(H,20,24). The molecule has 1 fully saturated rings. The van der Waals surface area contributed by atoms with Crippen LogP contribution < -0.4 is 10.6 Å². The predicted molar refractivity (Wildman–Crippen MR) is 112 cm³/mol. The number of amides is 1. The third-order valence-corrected chi connectivity index (χ3v) is 6.76. The first-order valence-corrected chi connectivity index (χ1v) is 11.0. The number of carbonyl (C=O) groups is 1. The van der Waals surface area contributed by atoms with Gasteiger partial charge >= 0.3 is 0 Å². The number of non-ortho nitro benzene ring substituents is 1. The van der Waals surface area contributed by atoms with E-state index in [4.69, 9.17) is 11.6 Å². The topological polar surface area (TPSA) is 110 Å². The fourth-order valence-corrected chi connectivity index (χ4v) is 5.09. The number of benzene rings is 1. The van der Waals surface area contributed by atoms with Crippen molar-refractivity contribution in [2.24, 2.45) is 0 Å². The Hall–Kier alpha value is -1.91. The van der Waals surface area contributed by atoms with Crippen LogP contribution in [0.2, 0.25) is 5.02 Å². The highest BCUT2D eigenvalue weighted by molar-refractivity contribution is 8.02. The molecule has 2 aromatic rings. The third-order valence-electron chi connectivity index (χ3n) is 4.41. The van der Waals surface area contributed by atoms with Gasteiger partial charge < -0.3 is 10.6 Å². The first-order valence-electron chi connectivity index (χ1n) is 8.94. The second-order valence-electron chi connectivity index (χ2n) is 6.52. The van der Waals surface area contributed by atoms with E-state index in [2.05, 4.69) is 20.8 Å². The minimum absolute atomic E-state index is 0.120. The van der Waals surface area contributed by atoms with Gasteiger partial charge in [0.2, 0.25) is 11.0 Å². The van der Waals surface area contributed by atoms with Crippen molar-refractivity contribution in [2.75, 3.05) is 10.6 Å². The number of nitrogens with zero attached hydrogens (tertiary/aromatic N) is 3. The van der Waals surface area contributed by atoms with Crippen molar-refractivity contribution in [2.45, 2.75) is 54.7 Å². The summed E-state index contributed by atoms with van der Waals surface area (Å²) in [6, 6.07) is 4.38. The van der Waals surface area contributed by atoms with Gasteiger partial charge in [0.25, 0.3) is 5.69 Å². The van der Waals surface area contributed by atoms with Crippen LogP contribution in [-0.2, 0) is 4.79 Å². The summed E-state index contributed by atoms with van der Waals surface area (Å²) in [6.07, 6.45) is 6.06. The maximum absolute atomic E-state index is 12.4. The highest BCUT2D eigenvalue weighted by Gasteiger charge is 2.20. The quantitative estimate of drug-likeness (QED) is 0.354. The highest BCUT2D eigenvalue weighted by Crippen LogP contribution is 2.32. The van der Waals surface area contributed by atoms with E-state index in [1.165, 1.54) is 60.6 Å². The number of rotatable bonds is 7. The lowest BCUT2D eigenvalue weighted by atomic mass is 9.96. The Balaban J connectivity index is 1.55. The van der Waals surface area contributed by atoms with E-state index in [1.807, 2.05) is 0 Å². The number of anilines is 2. The Morgan fingerprint density at radius 3 is 2.79 bits per heavy atom. The van der Waals surface area contributed by atoms with Crippen LogP contribution in [-0.4, -0.2) is 32.3 Å². The smallest absolute Gasteiger partial charge is 0.271 e. The molecule has 1 aromatic carbocycles. The molecule has 150 valence electrons.